The highest BCUT2D eigenvalue weighted by atomic mass is 35.5. The van der Waals surface area contributed by atoms with E-state index in [1.54, 1.807) is 6.20 Å². The molecule has 2 fully saturated rings. The predicted molar refractivity (Wildman–Crippen MR) is 99.3 cm³/mol. The largest absolute Gasteiger partial charge is 0.328 e. The van der Waals surface area contributed by atoms with Gasteiger partial charge < -0.3 is 15.5 Å². The fourth-order valence-corrected chi connectivity index (χ4v) is 4.00. The SMILES string of the molecule is O=C(c1cn(C2CCNCC2)nn1)N1CCNCC1c1ccccc1Cl. The number of piperidine rings is 1. The maximum absolute atomic E-state index is 13.1. The topological polar surface area (TPSA) is 75.1 Å². The molecule has 1 atom stereocenters. The minimum absolute atomic E-state index is 0.0865. The van der Waals surface area contributed by atoms with Crippen molar-refractivity contribution in [2.75, 3.05) is 32.7 Å². The summed E-state index contributed by atoms with van der Waals surface area (Å²) in [5, 5.41) is 15.8. The number of hydrogen-bond acceptors (Lipinski definition) is 5. The number of nitrogens with zero attached hydrogens (tertiary/aromatic N) is 4. The molecule has 1 aromatic carbocycles. The van der Waals surface area contributed by atoms with Gasteiger partial charge in [-0.1, -0.05) is 35.0 Å². The maximum Gasteiger partial charge on any atom is 0.276 e. The van der Waals surface area contributed by atoms with E-state index in [0.717, 1.165) is 38.0 Å². The van der Waals surface area contributed by atoms with Gasteiger partial charge in [-0.25, -0.2) is 4.68 Å². The standard InChI is InChI=1S/C18H23ClN6O/c19-15-4-2-1-3-14(15)17-11-21-9-10-24(17)18(26)16-12-25(23-22-16)13-5-7-20-8-6-13/h1-4,12-13,17,20-21H,5-11H2. The molecule has 0 aliphatic carbocycles. The number of nitrogens with one attached hydrogen (secondary N) is 2. The van der Waals surface area contributed by atoms with Crippen LogP contribution in [0.5, 0.6) is 0 Å². The Morgan fingerprint density at radius 2 is 1.96 bits per heavy atom. The molecule has 1 unspecified atom stereocenters. The zero-order chi connectivity index (χ0) is 17.9. The molecule has 4 rings (SSSR count). The van der Waals surface area contributed by atoms with Gasteiger partial charge in [0.2, 0.25) is 0 Å². The van der Waals surface area contributed by atoms with Crippen molar-refractivity contribution in [1.82, 2.24) is 30.5 Å². The molecule has 2 aromatic rings. The lowest BCUT2D eigenvalue weighted by Gasteiger charge is -2.36. The van der Waals surface area contributed by atoms with E-state index in [0.29, 0.717) is 29.8 Å². The van der Waals surface area contributed by atoms with Gasteiger partial charge in [0.1, 0.15) is 0 Å². The number of amides is 1. The van der Waals surface area contributed by atoms with Crippen molar-refractivity contribution in [3.05, 3.63) is 46.7 Å². The lowest BCUT2D eigenvalue weighted by molar-refractivity contribution is 0.0628. The molecule has 26 heavy (non-hydrogen) atoms. The van der Waals surface area contributed by atoms with E-state index in [-0.39, 0.29) is 11.9 Å². The predicted octanol–water partition coefficient (Wildman–Crippen LogP) is 1.64. The molecular weight excluding hydrogens is 352 g/mol. The van der Waals surface area contributed by atoms with Crippen LogP contribution in [0, 0.1) is 0 Å². The summed E-state index contributed by atoms with van der Waals surface area (Å²) in [4.78, 5) is 15.0. The Kier molecular flexibility index (Phi) is 5.19. The second kappa shape index (κ2) is 7.73. The average molecular weight is 375 g/mol. The van der Waals surface area contributed by atoms with Gasteiger partial charge in [-0.2, -0.15) is 0 Å². The van der Waals surface area contributed by atoms with Crippen LogP contribution < -0.4 is 10.6 Å². The van der Waals surface area contributed by atoms with Crippen LogP contribution in [0.1, 0.15) is 41.0 Å². The number of hydrogen-bond donors (Lipinski definition) is 2. The third-order valence-corrected chi connectivity index (χ3v) is 5.52. The van der Waals surface area contributed by atoms with Crippen molar-refractivity contribution >= 4 is 17.5 Å². The zero-order valence-corrected chi connectivity index (χ0v) is 15.3. The highest BCUT2D eigenvalue weighted by molar-refractivity contribution is 6.31. The van der Waals surface area contributed by atoms with Gasteiger partial charge in [0.05, 0.1) is 18.3 Å². The Balaban J connectivity index is 1.56. The first-order valence-electron chi connectivity index (χ1n) is 9.12. The fourth-order valence-electron chi connectivity index (χ4n) is 3.74. The first-order valence-corrected chi connectivity index (χ1v) is 9.50. The van der Waals surface area contributed by atoms with Crippen LogP contribution in [0.25, 0.3) is 0 Å². The summed E-state index contributed by atoms with van der Waals surface area (Å²) in [7, 11) is 0. The molecule has 7 nitrogen and oxygen atoms in total. The second-order valence-corrected chi connectivity index (χ2v) is 7.21. The van der Waals surface area contributed by atoms with Crippen molar-refractivity contribution in [2.45, 2.75) is 24.9 Å². The number of carbonyl (C=O) groups is 1. The van der Waals surface area contributed by atoms with Gasteiger partial charge in [0, 0.05) is 24.7 Å². The summed E-state index contributed by atoms with van der Waals surface area (Å²) in [6, 6.07) is 7.90. The number of halogens is 1. The molecule has 0 saturated carbocycles. The number of piperazine rings is 1. The van der Waals surface area contributed by atoms with Crippen LogP contribution in [-0.2, 0) is 0 Å². The van der Waals surface area contributed by atoms with Gasteiger partial charge in [-0.3, -0.25) is 4.79 Å². The summed E-state index contributed by atoms with van der Waals surface area (Å²) in [5.41, 5.74) is 1.36. The molecule has 2 saturated heterocycles. The molecule has 0 bridgehead atoms. The van der Waals surface area contributed by atoms with Crippen molar-refractivity contribution in [3.8, 4) is 0 Å². The first-order chi connectivity index (χ1) is 12.7. The molecule has 0 radical (unpaired) electrons. The minimum atomic E-state index is -0.103. The van der Waals surface area contributed by atoms with Crippen LogP contribution in [0.2, 0.25) is 5.02 Å². The van der Waals surface area contributed by atoms with Gasteiger partial charge in [0.25, 0.3) is 5.91 Å². The highest BCUT2D eigenvalue weighted by Crippen LogP contribution is 2.29. The van der Waals surface area contributed by atoms with E-state index in [9.17, 15) is 4.79 Å². The average Bonchev–Trinajstić information content (AvgIpc) is 3.19. The number of benzene rings is 1. The monoisotopic (exact) mass is 374 g/mol. The zero-order valence-electron chi connectivity index (χ0n) is 14.6. The summed E-state index contributed by atoms with van der Waals surface area (Å²) in [5.74, 6) is -0.0865. The second-order valence-electron chi connectivity index (χ2n) is 6.80. The number of rotatable bonds is 3. The van der Waals surface area contributed by atoms with Crippen molar-refractivity contribution < 1.29 is 4.79 Å². The quantitative estimate of drug-likeness (QED) is 0.854. The van der Waals surface area contributed by atoms with E-state index in [1.165, 1.54) is 0 Å². The molecule has 0 spiro atoms. The molecule has 1 aromatic heterocycles. The fraction of sp³-hybridized carbons (Fsp3) is 0.500. The van der Waals surface area contributed by atoms with Crippen LogP contribution in [0.4, 0.5) is 0 Å². The molecule has 2 N–H and O–H groups in total. The molecular formula is C18H23ClN6O. The van der Waals surface area contributed by atoms with E-state index in [4.69, 9.17) is 11.6 Å². The normalized spacial score (nSPS) is 21.7. The smallest absolute Gasteiger partial charge is 0.276 e. The van der Waals surface area contributed by atoms with E-state index in [1.807, 2.05) is 33.8 Å². The molecule has 8 heteroatoms. The molecule has 138 valence electrons. The van der Waals surface area contributed by atoms with Gasteiger partial charge in [0.15, 0.2) is 5.69 Å². The van der Waals surface area contributed by atoms with Crippen molar-refractivity contribution in [1.29, 1.82) is 0 Å². The Morgan fingerprint density at radius 1 is 1.15 bits per heavy atom. The third-order valence-electron chi connectivity index (χ3n) is 5.18. The highest BCUT2D eigenvalue weighted by Gasteiger charge is 2.31. The summed E-state index contributed by atoms with van der Waals surface area (Å²) < 4.78 is 1.85. The Morgan fingerprint density at radius 3 is 2.77 bits per heavy atom. The van der Waals surface area contributed by atoms with Gasteiger partial charge >= 0.3 is 0 Å². The molecule has 2 aliphatic heterocycles. The summed E-state index contributed by atoms with van der Waals surface area (Å²) in [6.45, 7) is 4.00. The first kappa shape index (κ1) is 17.5. The van der Waals surface area contributed by atoms with Gasteiger partial charge in [-0.15, -0.1) is 5.10 Å². The molecule has 1 amide bonds. The van der Waals surface area contributed by atoms with Crippen LogP contribution in [-0.4, -0.2) is 58.5 Å². The van der Waals surface area contributed by atoms with E-state index < -0.39 is 0 Å². The number of carbonyl (C=O) groups excluding carboxylic acids is 1. The lowest BCUT2D eigenvalue weighted by Crippen LogP contribution is -2.48. The molecule has 3 heterocycles. The van der Waals surface area contributed by atoms with Gasteiger partial charge in [-0.05, 0) is 37.6 Å². The summed E-state index contributed by atoms with van der Waals surface area (Å²) in [6.07, 6.45) is 3.81. The Labute approximate surface area is 157 Å². The number of aromatic nitrogens is 3. The van der Waals surface area contributed by atoms with Crippen molar-refractivity contribution in [2.24, 2.45) is 0 Å². The van der Waals surface area contributed by atoms with Crippen molar-refractivity contribution in [3.63, 3.8) is 0 Å². The Hall–Kier alpha value is -1.96. The van der Waals surface area contributed by atoms with Crippen LogP contribution in [0.3, 0.4) is 0 Å². The minimum Gasteiger partial charge on any atom is -0.328 e. The Bertz CT molecular complexity index is 773. The lowest BCUT2D eigenvalue weighted by atomic mass is 10.0. The van der Waals surface area contributed by atoms with E-state index >= 15 is 0 Å². The van der Waals surface area contributed by atoms with Crippen LogP contribution >= 0.6 is 11.6 Å². The summed E-state index contributed by atoms with van der Waals surface area (Å²) >= 11 is 6.38. The van der Waals surface area contributed by atoms with E-state index in [2.05, 4.69) is 20.9 Å². The third kappa shape index (κ3) is 3.47. The molecule has 2 aliphatic rings. The van der Waals surface area contributed by atoms with Crippen LogP contribution in [0.15, 0.2) is 30.5 Å². The maximum atomic E-state index is 13.1.